The number of rotatable bonds is 2. The summed E-state index contributed by atoms with van der Waals surface area (Å²) >= 11 is 0. The zero-order valence-corrected chi connectivity index (χ0v) is 16.3. The van der Waals surface area contributed by atoms with Gasteiger partial charge in [0.25, 0.3) is 0 Å². The molecule has 0 heterocycles. The van der Waals surface area contributed by atoms with Gasteiger partial charge in [0.15, 0.2) is 5.78 Å². The smallest absolute Gasteiger partial charge is 0.372 e. The summed E-state index contributed by atoms with van der Waals surface area (Å²) in [6, 6.07) is 0. The topological polar surface area (TPSA) is 88.5 Å². The molecule has 0 unspecified atom stereocenters. The second-order valence-corrected chi connectivity index (χ2v) is 9.58. The predicted molar refractivity (Wildman–Crippen MR) is 98.0 cm³/mol. The third kappa shape index (κ3) is 2.36. The molecule has 6 heteroatoms. The number of halogens is 1. The van der Waals surface area contributed by atoms with Gasteiger partial charge in [-0.2, -0.15) is 0 Å². The fraction of sp³-hybridized carbons (Fsp3) is 0.636. The highest BCUT2D eigenvalue weighted by atomic mass is 19.1. The summed E-state index contributed by atoms with van der Waals surface area (Å²) in [6.07, 6.45) is 3.96. The van der Waals surface area contributed by atoms with Crippen LogP contribution in [0.4, 0.5) is 4.39 Å². The zero-order chi connectivity index (χ0) is 20.6. The number of carboxylic acid groups (broad SMARTS) is 1. The Labute approximate surface area is 163 Å². The minimum Gasteiger partial charge on any atom is -0.475 e. The van der Waals surface area contributed by atoms with Gasteiger partial charge in [0.05, 0.1) is 0 Å². The SMILES string of the molecule is C[C@@H]1C[C@H]2[C@@H]3C[C@H](F)C4=CC(=O)C=C[C@]4(C)[C@H]3C(=O)C[C@]2(C)[C@H]1C(=O)C(=O)O. The quantitative estimate of drug-likeness (QED) is 0.735. The van der Waals surface area contributed by atoms with Gasteiger partial charge in [-0.25, -0.2) is 9.18 Å². The standard InChI is InChI=1S/C22H25FO5/c1-10-6-13-12-8-15(23)14-7-11(24)4-5-21(14,2)18(12)16(25)9-22(13,3)17(10)19(26)20(27)28/h4-5,7,10,12-13,15,17-18H,6,8-9H2,1-3H3,(H,27,28)/t10-,12+,13+,15+,17-,18-,21+,22+/m1/s1. The van der Waals surface area contributed by atoms with Crippen LogP contribution in [0, 0.1) is 40.4 Å². The number of carbonyl (C=O) groups is 4. The molecular formula is C22H25FO5. The Bertz CT molecular complexity index is 857. The molecule has 0 aliphatic heterocycles. The first-order valence-corrected chi connectivity index (χ1v) is 9.90. The largest absolute Gasteiger partial charge is 0.475 e. The number of aliphatic carboxylic acids is 1. The summed E-state index contributed by atoms with van der Waals surface area (Å²) in [5.74, 6) is -4.33. The molecule has 4 rings (SSSR count). The summed E-state index contributed by atoms with van der Waals surface area (Å²) in [4.78, 5) is 49.0. The van der Waals surface area contributed by atoms with Gasteiger partial charge in [-0.05, 0) is 53.7 Å². The average Bonchev–Trinajstić information content (AvgIpc) is 2.85. The molecule has 3 fully saturated rings. The van der Waals surface area contributed by atoms with Crippen LogP contribution in [0.15, 0.2) is 23.8 Å². The van der Waals surface area contributed by atoms with Gasteiger partial charge in [0.2, 0.25) is 5.78 Å². The van der Waals surface area contributed by atoms with E-state index in [0.29, 0.717) is 12.0 Å². The number of alkyl halides is 1. The summed E-state index contributed by atoms with van der Waals surface area (Å²) in [5, 5.41) is 9.28. The Hall–Kier alpha value is -2.11. The van der Waals surface area contributed by atoms with Crippen LogP contribution in [-0.4, -0.2) is 34.6 Å². The van der Waals surface area contributed by atoms with Gasteiger partial charge in [-0.3, -0.25) is 14.4 Å². The molecule has 0 bridgehead atoms. The number of hydrogen-bond acceptors (Lipinski definition) is 4. The molecule has 5 nitrogen and oxygen atoms in total. The van der Waals surface area contributed by atoms with E-state index in [0.717, 1.165) is 0 Å². The van der Waals surface area contributed by atoms with Crippen molar-refractivity contribution in [2.45, 2.75) is 46.2 Å². The van der Waals surface area contributed by atoms with Crippen molar-refractivity contribution >= 4 is 23.3 Å². The van der Waals surface area contributed by atoms with E-state index >= 15 is 4.39 Å². The van der Waals surface area contributed by atoms with E-state index in [1.807, 2.05) is 20.8 Å². The van der Waals surface area contributed by atoms with Gasteiger partial charge in [-0.15, -0.1) is 0 Å². The maximum atomic E-state index is 15.2. The normalized spacial score (nSPS) is 47.1. The molecule has 150 valence electrons. The second kappa shape index (κ2) is 5.94. The van der Waals surface area contributed by atoms with Crippen molar-refractivity contribution in [1.82, 2.24) is 0 Å². The van der Waals surface area contributed by atoms with Crippen LogP contribution in [0.5, 0.6) is 0 Å². The first-order valence-electron chi connectivity index (χ1n) is 9.90. The van der Waals surface area contributed by atoms with Crippen molar-refractivity contribution in [3.63, 3.8) is 0 Å². The second-order valence-electron chi connectivity index (χ2n) is 9.58. The third-order valence-electron chi connectivity index (χ3n) is 8.07. The molecule has 0 aromatic rings. The molecule has 4 aliphatic carbocycles. The van der Waals surface area contributed by atoms with Crippen molar-refractivity contribution in [3.05, 3.63) is 23.8 Å². The third-order valence-corrected chi connectivity index (χ3v) is 8.07. The molecule has 0 aromatic carbocycles. The molecule has 1 N–H and O–H groups in total. The highest BCUT2D eigenvalue weighted by Gasteiger charge is 2.66. The van der Waals surface area contributed by atoms with Crippen LogP contribution in [0.3, 0.4) is 0 Å². The number of fused-ring (bicyclic) bond motifs is 5. The Morgan fingerprint density at radius 3 is 2.54 bits per heavy atom. The summed E-state index contributed by atoms with van der Waals surface area (Å²) in [7, 11) is 0. The van der Waals surface area contributed by atoms with E-state index < -0.39 is 40.6 Å². The minimum atomic E-state index is -1.47. The maximum Gasteiger partial charge on any atom is 0.372 e. The van der Waals surface area contributed by atoms with Crippen LogP contribution in [0.25, 0.3) is 0 Å². The molecular weight excluding hydrogens is 363 g/mol. The van der Waals surface area contributed by atoms with Gasteiger partial charge >= 0.3 is 5.97 Å². The van der Waals surface area contributed by atoms with E-state index in [1.165, 1.54) is 12.2 Å². The number of carboxylic acids is 1. The fourth-order valence-corrected chi connectivity index (χ4v) is 7.10. The van der Waals surface area contributed by atoms with Crippen LogP contribution in [0.2, 0.25) is 0 Å². The fourth-order valence-electron chi connectivity index (χ4n) is 7.10. The van der Waals surface area contributed by atoms with E-state index in [9.17, 15) is 24.3 Å². The molecule has 0 saturated heterocycles. The van der Waals surface area contributed by atoms with E-state index in [1.54, 1.807) is 6.08 Å². The number of hydrogen-bond donors (Lipinski definition) is 1. The highest BCUT2D eigenvalue weighted by Crippen LogP contribution is 2.66. The minimum absolute atomic E-state index is 0.0552. The summed E-state index contributed by atoms with van der Waals surface area (Å²) < 4.78 is 15.2. The average molecular weight is 388 g/mol. The van der Waals surface area contributed by atoms with Crippen LogP contribution in [-0.2, 0) is 19.2 Å². The van der Waals surface area contributed by atoms with Crippen molar-refractivity contribution in [2.75, 3.05) is 0 Å². The molecule has 0 spiro atoms. The Balaban J connectivity index is 1.79. The monoisotopic (exact) mass is 388 g/mol. The lowest BCUT2D eigenvalue weighted by molar-refractivity contribution is -0.157. The van der Waals surface area contributed by atoms with Crippen molar-refractivity contribution < 1.29 is 28.7 Å². The summed E-state index contributed by atoms with van der Waals surface area (Å²) in [6.45, 7) is 5.52. The van der Waals surface area contributed by atoms with Gasteiger partial charge < -0.3 is 5.11 Å². The molecule has 28 heavy (non-hydrogen) atoms. The molecule has 4 aliphatic rings. The summed E-state index contributed by atoms with van der Waals surface area (Å²) in [5.41, 5.74) is -1.23. The van der Waals surface area contributed by atoms with E-state index in [2.05, 4.69) is 0 Å². The van der Waals surface area contributed by atoms with E-state index in [-0.39, 0.29) is 42.2 Å². The highest BCUT2D eigenvalue weighted by molar-refractivity contribution is 6.33. The first kappa shape index (κ1) is 19.2. The van der Waals surface area contributed by atoms with Crippen molar-refractivity contribution in [1.29, 1.82) is 0 Å². The lowest BCUT2D eigenvalue weighted by Crippen LogP contribution is -2.57. The van der Waals surface area contributed by atoms with Crippen LogP contribution < -0.4 is 0 Å². The van der Waals surface area contributed by atoms with Gasteiger partial charge in [-0.1, -0.05) is 26.8 Å². The van der Waals surface area contributed by atoms with Crippen LogP contribution >= 0.6 is 0 Å². The van der Waals surface area contributed by atoms with Gasteiger partial charge in [0, 0.05) is 23.7 Å². The zero-order valence-electron chi connectivity index (χ0n) is 16.3. The molecule has 8 atom stereocenters. The number of Topliss-reactive ketones (excluding diaryl/α,β-unsaturated/α-hetero) is 2. The maximum absolute atomic E-state index is 15.2. The lowest BCUT2D eigenvalue weighted by Gasteiger charge is -2.56. The Morgan fingerprint density at radius 2 is 1.89 bits per heavy atom. The Kier molecular flexibility index (Phi) is 4.08. The molecule has 0 aromatic heterocycles. The number of carbonyl (C=O) groups excluding carboxylic acids is 3. The van der Waals surface area contributed by atoms with Crippen LogP contribution in [0.1, 0.15) is 40.0 Å². The van der Waals surface area contributed by atoms with Gasteiger partial charge in [0.1, 0.15) is 12.0 Å². The van der Waals surface area contributed by atoms with E-state index in [4.69, 9.17) is 0 Å². The lowest BCUT2D eigenvalue weighted by atomic mass is 9.47. The van der Waals surface area contributed by atoms with Crippen molar-refractivity contribution in [2.24, 2.45) is 40.4 Å². The molecule has 0 amide bonds. The van der Waals surface area contributed by atoms with Crippen molar-refractivity contribution in [3.8, 4) is 0 Å². The number of allylic oxidation sites excluding steroid dienone is 4. The Morgan fingerprint density at radius 1 is 1.21 bits per heavy atom. The number of ketones is 3. The molecule has 3 saturated carbocycles. The molecule has 0 radical (unpaired) electrons. The first-order chi connectivity index (χ1) is 13.0. The predicted octanol–water partition coefficient (Wildman–Crippen LogP) is 2.94.